The first-order chi connectivity index (χ1) is 11.6. The molecule has 4 nitrogen and oxygen atoms in total. The molecule has 3 rings (SSSR count). The van der Waals surface area contributed by atoms with Crippen LogP contribution < -0.4 is 5.32 Å². The topological polar surface area (TPSA) is 59.3 Å². The van der Waals surface area contributed by atoms with E-state index < -0.39 is 0 Å². The molecule has 0 aliphatic heterocycles. The van der Waals surface area contributed by atoms with Crippen molar-refractivity contribution in [2.45, 2.75) is 13.0 Å². The number of carbonyl (C=O) groups is 2. The summed E-state index contributed by atoms with van der Waals surface area (Å²) in [6.07, 6.45) is 1.69. The summed E-state index contributed by atoms with van der Waals surface area (Å²) in [6.45, 7) is 0.374. The Morgan fingerprint density at radius 3 is 2.67 bits per heavy atom. The molecule has 2 heterocycles. The lowest BCUT2D eigenvalue weighted by Crippen LogP contribution is -2.24. The summed E-state index contributed by atoms with van der Waals surface area (Å²) in [5.74, 6) is 0.0419. The van der Waals surface area contributed by atoms with E-state index in [1.165, 1.54) is 17.6 Å². The predicted octanol–water partition coefficient (Wildman–Crippen LogP) is 4.08. The SMILES string of the molecule is O=C(Cc1ccccc1Cl)NCc1ccc(C(=O)c2ccco2)s1. The third kappa shape index (κ3) is 3.93. The molecule has 3 aromatic rings. The molecule has 122 valence electrons. The third-order valence-corrected chi connectivity index (χ3v) is 4.85. The Morgan fingerprint density at radius 1 is 1.08 bits per heavy atom. The third-order valence-electron chi connectivity index (χ3n) is 3.40. The van der Waals surface area contributed by atoms with Crippen LogP contribution in [0, 0.1) is 0 Å². The molecule has 0 saturated heterocycles. The highest BCUT2D eigenvalue weighted by atomic mass is 35.5. The Bertz CT molecular complexity index is 855. The molecule has 2 aromatic heterocycles. The van der Waals surface area contributed by atoms with Crippen LogP contribution in [0.15, 0.2) is 59.2 Å². The van der Waals surface area contributed by atoms with Crippen molar-refractivity contribution < 1.29 is 14.0 Å². The maximum atomic E-state index is 12.2. The first-order valence-corrected chi connectivity index (χ1v) is 8.50. The first kappa shape index (κ1) is 16.5. The number of halogens is 1. The van der Waals surface area contributed by atoms with Crippen LogP contribution in [0.1, 0.15) is 25.9 Å². The van der Waals surface area contributed by atoms with Gasteiger partial charge in [-0.2, -0.15) is 0 Å². The number of amides is 1. The van der Waals surface area contributed by atoms with Crippen LogP contribution in [0.2, 0.25) is 5.02 Å². The van der Waals surface area contributed by atoms with Crippen molar-refractivity contribution in [3.8, 4) is 0 Å². The van der Waals surface area contributed by atoms with Crippen molar-refractivity contribution in [1.82, 2.24) is 5.32 Å². The minimum absolute atomic E-state index is 0.115. The second kappa shape index (κ2) is 7.47. The van der Waals surface area contributed by atoms with Crippen molar-refractivity contribution in [3.05, 3.63) is 80.9 Å². The van der Waals surface area contributed by atoms with E-state index in [1.807, 2.05) is 24.3 Å². The van der Waals surface area contributed by atoms with Gasteiger partial charge in [-0.05, 0) is 35.9 Å². The van der Waals surface area contributed by atoms with Crippen LogP contribution in [-0.2, 0) is 17.8 Å². The van der Waals surface area contributed by atoms with Crippen LogP contribution in [-0.4, -0.2) is 11.7 Å². The number of thiophene rings is 1. The molecule has 0 saturated carbocycles. The minimum Gasteiger partial charge on any atom is -0.461 e. The number of carbonyl (C=O) groups excluding carboxylic acids is 2. The van der Waals surface area contributed by atoms with E-state index in [-0.39, 0.29) is 18.1 Å². The lowest BCUT2D eigenvalue weighted by atomic mass is 10.1. The fourth-order valence-corrected chi connectivity index (χ4v) is 3.28. The lowest BCUT2D eigenvalue weighted by Gasteiger charge is -2.05. The van der Waals surface area contributed by atoms with Crippen LogP contribution in [0.25, 0.3) is 0 Å². The number of hydrogen-bond donors (Lipinski definition) is 1. The van der Waals surface area contributed by atoms with E-state index >= 15 is 0 Å². The molecule has 0 atom stereocenters. The van der Waals surface area contributed by atoms with E-state index in [1.54, 1.807) is 24.3 Å². The maximum Gasteiger partial charge on any atom is 0.238 e. The zero-order valence-corrected chi connectivity index (χ0v) is 14.2. The van der Waals surface area contributed by atoms with Gasteiger partial charge in [0.2, 0.25) is 11.7 Å². The van der Waals surface area contributed by atoms with Gasteiger partial charge in [-0.1, -0.05) is 29.8 Å². The van der Waals surface area contributed by atoms with Gasteiger partial charge in [0.1, 0.15) is 0 Å². The number of furan rings is 1. The molecule has 1 aromatic carbocycles. The highest BCUT2D eigenvalue weighted by Crippen LogP contribution is 2.20. The average molecular weight is 360 g/mol. The number of benzene rings is 1. The second-order valence-electron chi connectivity index (χ2n) is 5.12. The van der Waals surface area contributed by atoms with E-state index in [0.29, 0.717) is 22.2 Å². The lowest BCUT2D eigenvalue weighted by molar-refractivity contribution is -0.120. The van der Waals surface area contributed by atoms with Gasteiger partial charge in [0, 0.05) is 9.90 Å². The van der Waals surface area contributed by atoms with Gasteiger partial charge < -0.3 is 9.73 Å². The van der Waals surface area contributed by atoms with Crippen LogP contribution in [0.3, 0.4) is 0 Å². The largest absolute Gasteiger partial charge is 0.461 e. The number of ketones is 1. The van der Waals surface area contributed by atoms with Gasteiger partial charge in [-0.3, -0.25) is 9.59 Å². The first-order valence-electron chi connectivity index (χ1n) is 7.30. The molecule has 1 N–H and O–H groups in total. The Labute approximate surface area is 148 Å². The second-order valence-corrected chi connectivity index (χ2v) is 6.69. The minimum atomic E-state index is -0.154. The molecule has 6 heteroatoms. The van der Waals surface area contributed by atoms with Crippen molar-refractivity contribution in [3.63, 3.8) is 0 Å². The number of hydrogen-bond acceptors (Lipinski definition) is 4. The Kier molecular flexibility index (Phi) is 5.13. The summed E-state index contributed by atoms with van der Waals surface area (Å²) in [4.78, 5) is 25.7. The van der Waals surface area contributed by atoms with E-state index in [9.17, 15) is 9.59 Å². The standard InChI is InChI=1S/C18H14ClNO3S/c19-14-5-2-1-4-12(14)10-17(21)20-11-13-7-8-16(24-13)18(22)15-6-3-9-23-15/h1-9H,10-11H2,(H,20,21). The zero-order valence-electron chi connectivity index (χ0n) is 12.6. The molecule has 0 spiro atoms. The van der Waals surface area contributed by atoms with Gasteiger partial charge in [0.05, 0.1) is 24.1 Å². The number of rotatable bonds is 6. The van der Waals surface area contributed by atoms with Gasteiger partial charge in [0.15, 0.2) is 5.76 Å². The van der Waals surface area contributed by atoms with E-state index in [2.05, 4.69) is 5.32 Å². The molecular formula is C18H14ClNO3S. The highest BCUT2D eigenvalue weighted by Gasteiger charge is 2.14. The molecule has 1 amide bonds. The van der Waals surface area contributed by atoms with E-state index in [0.717, 1.165) is 10.4 Å². The summed E-state index contributed by atoms with van der Waals surface area (Å²) in [6, 6.07) is 14.1. The molecule has 0 aliphatic rings. The molecule has 0 fully saturated rings. The van der Waals surface area contributed by atoms with Crippen molar-refractivity contribution >= 4 is 34.6 Å². The molecule has 0 bridgehead atoms. The molecule has 0 radical (unpaired) electrons. The van der Waals surface area contributed by atoms with Gasteiger partial charge in [0.25, 0.3) is 0 Å². The average Bonchev–Trinajstić information content (AvgIpc) is 3.26. The van der Waals surface area contributed by atoms with Gasteiger partial charge in [-0.25, -0.2) is 0 Å². The fourth-order valence-electron chi connectivity index (χ4n) is 2.19. The highest BCUT2D eigenvalue weighted by molar-refractivity contribution is 7.14. The normalized spacial score (nSPS) is 10.5. The summed E-state index contributed by atoms with van der Waals surface area (Å²) in [5, 5.41) is 3.42. The Balaban J connectivity index is 1.56. The quantitative estimate of drug-likeness (QED) is 0.674. The Hall–Kier alpha value is -2.37. The maximum absolute atomic E-state index is 12.2. The summed E-state index contributed by atoms with van der Waals surface area (Å²) >= 11 is 7.39. The molecule has 24 heavy (non-hydrogen) atoms. The van der Waals surface area contributed by atoms with E-state index in [4.69, 9.17) is 16.0 Å². The van der Waals surface area contributed by atoms with Crippen LogP contribution in [0.4, 0.5) is 0 Å². The molecular weight excluding hydrogens is 346 g/mol. The molecule has 0 unspecified atom stereocenters. The monoisotopic (exact) mass is 359 g/mol. The van der Waals surface area contributed by atoms with Crippen molar-refractivity contribution in [2.75, 3.05) is 0 Å². The fraction of sp³-hybridized carbons (Fsp3) is 0.111. The molecule has 0 aliphatic carbocycles. The van der Waals surface area contributed by atoms with Gasteiger partial charge >= 0.3 is 0 Å². The van der Waals surface area contributed by atoms with Crippen LogP contribution >= 0.6 is 22.9 Å². The summed E-state index contributed by atoms with van der Waals surface area (Å²) in [5.41, 5.74) is 0.788. The van der Waals surface area contributed by atoms with Crippen LogP contribution in [0.5, 0.6) is 0 Å². The summed E-state index contributed by atoms with van der Waals surface area (Å²) < 4.78 is 5.11. The predicted molar refractivity (Wildman–Crippen MR) is 93.5 cm³/mol. The van der Waals surface area contributed by atoms with Gasteiger partial charge in [-0.15, -0.1) is 11.3 Å². The smallest absolute Gasteiger partial charge is 0.238 e. The Morgan fingerprint density at radius 2 is 1.92 bits per heavy atom. The zero-order chi connectivity index (χ0) is 16.9. The summed E-state index contributed by atoms with van der Waals surface area (Å²) in [7, 11) is 0. The van der Waals surface area contributed by atoms with Crippen molar-refractivity contribution in [1.29, 1.82) is 0 Å². The van der Waals surface area contributed by atoms with Crippen molar-refractivity contribution in [2.24, 2.45) is 0 Å². The number of nitrogens with one attached hydrogen (secondary N) is 1.